The van der Waals surface area contributed by atoms with Crippen LogP contribution in [0.3, 0.4) is 0 Å². The molecule has 0 radical (unpaired) electrons. The predicted molar refractivity (Wildman–Crippen MR) is 60.6 cm³/mol. The Bertz CT molecular complexity index is 666. The highest BCUT2D eigenvalue weighted by molar-refractivity contribution is 6.31. The van der Waals surface area contributed by atoms with Crippen molar-refractivity contribution in [3.8, 4) is 0 Å². The van der Waals surface area contributed by atoms with Gasteiger partial charge in [0.05, 0.1) is 5.69 Å². The van der Waals surface area contributed by atoms with Gasteiger partial charge in [0.15, 0.2) is 6.29 Å². The van der Waals surface area contributed by atoms with Crippen LogP contribution in [0.1, 0.15) is 10.5 Å². The third-order valence-corrected chi connectivity index (χ3v) is 2.73. The number of carbonyl (C=O) groups excluding carboxylic acids is 1. The molecule has 0 amide bonds. The predicted octanol–water partition coefficient (Wildman–Crippen LogP) is 3.12. The van der Waals surface area contributed by atoms with Crippen LogP contribution >= 0.6 is 11.6 Å². The van der Waals surface area contributed by atoms with E-state index in [2.05, 4.69) is 9.97 Å². The van der Waals surface area contributed by atoms with Gasteiger partial charge in [0.1, 0.15) is 5.65 Å². The van der Waals surface area contributed by atoms with E-state index in [0.29, 0.717) is 10.7 Å². The van der Waals surface area contributed by atoms with Gasteiger partial charge in [-0.1, -0.05) is 17.7 Å². The Kier molecular flexibility index (Phi) is 1.64. The minimum Gasteiger partial charge on any atom is -0.341 e. The van der Waals surface area contributed by atoms with Crippen LogP contribution in [0.25, 0.3) is 21.9 Å². The van der Waals surface area contributed by atoms with E-state index in [0.717, 1.165) is 28.2 Å². The first-order chi connectivity index (χ1) is 7.28. The van der Waals surface area contributed by atoms with E-state index in [-0.39, 0.29) is 0 Å². The van der Waals surface area contributed by atoms with Crippen molar-refractivity contribution in [3.05, 3.63) is 35.0 Å². The lowest BCUT2D eigenvalue weighted by molar-refractivity contribution is 0.112. The second kappa shape index (κ2) is 2.87. The molecule has 2 heterocycles. The molecule has 0 fully saturated rings. The number of H-pyrrole nitrogens is 2. The fraction of sp³-hybridized carbons (Fsp3) is 0. The van der Waals surface area contributed by atoms with Gasteiger partial charge in [-0.3, -0.25) is 4.79 Å². The van der Waals surface area contributed by atoms with Crippen LogP contribution < -0.4 is 0 Å². The van der Waals surface area contributed by atoms with Crippen molar-refractivity contribution in [1.82, 2.24) is 9.97 Å². The monoisotopic (exact) mass is 218 g/mol. The summed E-state index contributed by atoms with van der Waals surface area (Å²) in [5, 5.41) is 2.78. The molecule has 0 atom stereocenters. The maximum Gasteiger partial charge on any atom is 0.166 e. The Labute approximate surface area is 90.0 Å². The number of benzene rings is 1. The molecule has 0 aliphatic heterocycles. The summed E-state index contributed by atoms with van der Waals surface area (Å²) in [6.45, 7) is 0. The van der Waals surface area contributed by atoms with Gasteiger partial charge in [0, 0.05) is 21.3 Å². The van der Waals surface area contributed by atoms with Crippen LogP contribution in [0.15, 0.2) is 24.3 Å². The van der Waals surface area contributed by atoms with Gasteiger partial charge in [0.2, 0.25) is 0 Å². The fourth-order valence-electron chi connectivity index (χ4n) is 1.84. The Morgan fingerprint density at radius 3 is 2.80 bits per heavy atom. The molecule has 0 saturated carbocycles. The molecule has 3 nitrogen and oxygen atoms in total. The molecule has 0 unspecified atom stereocenters. The fourth-order valence-corrected chi connectivity index (χ4v) is 2.01. The molecule has 74 valence electrons. The number of hydrogen-bond acceptors (Lipinski definition) is 1. The van der Waals surface area contributed by atoms with Gasteiger partial charge in [-0.25, -0.2) is 0 Å². The smallest absolute Gasteiger partial charge is 0.166 e. The molecule has 2 aromatic heterocycles. The lowest BCUT2D eigenvalue weighted by Gasteiger charge is -1.90. The maximum absolute atomic E-state index is 10.6. The third kappa shape index (κ3) is 1.17. The molecule has 1 aromatic carbocycles. The van der Waals surface area contributed by atoms with Crippen LogP contribution in [0.2, 0.25) is 5.02 Å². The van der Waals surface area contributed by atoms with Crippen molar-refractivity contribution >= 4 is 39.8 Å². The zero-order valence-corrected chi connectivity index (χ0v) is 8.43. The van der Waals surface area contributed by atoms with Crippen molar-refractivity contribution in [2.75, 3.05) is 0 Å². The molecular formula is C11H7ClN2O. The number of rotatable bonds is 1. The number of aldehydes is 1. The van der Waals surface area contributed by atoms with Crippen LogP contribution in [-0.4, -0.2) is 16.3 Å². The molecule has 0 bridgehead atoms. The molecule has 0 aliphatic carbocycles. The SMILES string of the molecule is O=Cc1cc2c([nH]1)[nH]c1cc(Cl)ccc12. The highest BCUT2D eigenvalue weighted by atomic mass is 35.5. The van der Waals surface area contributed by atoms with Gasteiger partial charge in [-0.05, 0) is 18.2 Å². The van der Waals surface area contributed by atoms with Crippen molar-refractivity contribution in [2.24, 2.45) is 0 Å². The van der Waals surface area contributed by atoms with E-state index >= 15 is 0 Å². The van der Waals surface area contributed by atoms with Crippen molar-refractivity contribution in [2.45, 2.75) is 0 Å². The largest absolute Gasteiger partial charge is 0.341 e. The Morgan fingerprint density at radius 1 is 1.13 bits per heavy atom. The minimum absolute atomic E-state index is 0.577. The van der Waals surface area contributed by atoms with E-state index in [4.69, 9.17) is 11.6 Å². The molecule has 15 heavy (non-hydrogen) atoms. The van der Waals surface area contributed by atoms with Crippen molar-refractivity contribution in [1.29, 1.82) is 0 Å². The average molecular weight is 219 g/mol. The summed E-state index contributed by atoms with van der Waals surface area (Å²) >= 11 is 5.89. The molecule has 0 saturated heterocycles. The normalized spacial score (nSPS) is 11.3. The average Bonchev–Trinajstić information content (AvgIpc) is 2.73. The van der Waals surface area contributed by atoms with Gasteiger partial charge < -0.3 is 9.97 Å². The van der Waals surface area contributed by atoms with Gasteiger partial charge in [0.25, 0.3) is 0 Å². The first kappa shape index (κ1) is 8.56. The Morgan fingerprint density at radius 2 is 2.00 bits per heavy atom. The first-order valence-corrected chi connectivity index (χ1v) is 4.91. The van der Waals surface area contributed by atoms with Crippen LogP contribution in [0, 0.1) is 0 Å². The number of hydrogen-bond donors (Lipinski definition) is 2. The quantitative estimate of drug-likeness (QED) is 0.606. The highest BCUT2D eigenvalue weighted by Gasteiger charge is 2.07. The number of halogens is 1. The number of carbonyl (C=O) groups is 1. The van der Waals surface area contributed by atoms with Crippen LogP contribution in [0.5, 0.6) is 0 Å². The number of aromatic nitrogens is 2. The van der Waals surface area contributed by atoms with Gasteiger partial charge in [-0.2, -0.15) is 0 Å². The summed E-state index contributed by atoms with van der Waals surface area (Å²) in [4.78, 5) is 16.8. The standard InChI is InChI=1S/C11H7ClN2O/c12-6-1-2-8-9-4-7(5-15)13-11(9)14-10(8)3-6/h1-5,13-14H. The molecule has 3 rings (SSSR count). The summed E-state index contributed by atoms with van der Waals surface area (Å²) < 4.78 is 0. The topological polar surface area (TPSA) is 48.6 Å². The number of fused-ring (bicyclic) bond motifs is 3. The summed E-state index contributed by atoms with van der Waals surface area (Å²) in [5.74, 6) is 0. The third-order valence-electron chi connectivity index (χ3n) is 2.50. The van der Waals surface area contributed by atoms with E-state index in [1.807, 2.05) is 24.3 Å². The minimum atomic E-state index is 0.577. The number of aromatic amines is 2. The molecule has 0 spiro atoms. The zero-order chi connectivity index (χ0) is 10.4. The van der Waals surface area contributed by atoms with Crippen LogP contribution in [-0.2, 0) is 0 Å². The lowest BCUT2D eigenvalue weighted by atomic mass is 10.2. The summed E-state index contributed by atoms with van der Waals surface area (Å²) in [6, 6.07) is 7.48. The van der Waals surface area contributed by atoms with E-state index in [9.17, 15) is 4.79 Å². The Hall–Kier alpha value is -1.74. The van der Waals surface area contributed by atoms with Crippen LogP contribution in [0.4, 0.5) is 0 Å². The molecular weight excluding hydrogens is 212 g/mol. The maximum atomic E-state index is 10.6. The first-order valence-electron chi connectivity index (χ1n) is 4.53. The van der Waals surface area contributed by atoms with Crippen molar-refractivity contribution < 1.29 is 4.79 Å². The molecule has 4 heteroatoms. The summed E-state index contributed by atoms with van der Waals surface area (Å²) in [6.07, 6.45) is 0.801. The zero-order valence-electron chi connectivity index (χ0n) is 7.67. The summed E-state index contributed by atoms with van der Waals surface area (Å²) in [7, 11) is 0. The van der Waals surface area contributed by atoms with Crippen molar-refractivity contribution in [3.63, 3.8) is 0 Å². The number of nitrogens with one attached hydrogen (secondary N) is 2. The summed E-state index contributed by atoms with van der Waals surface area (Å²) in [5.41, 5.74) is 2.41. The van der Waals surface area contributed by atoms with E-state index in [1.165, 1.54) is 0 Å². The van der Waals surface area contributed by atoms with E-state index < -0.39 is 0 Å². The molecule has 0 aliphatic rings. The molecule has 3 aromatic rings. The van der Waals surface area contributed by atoms with Gasteiger partial charge >= 0.3 is 0 Å². The second-order valence-corrected chi connectivity index (χ2v) is 3.88. The van der Waals surface area contributed by atoms with E-state index in [1.54, 1.807) is 0 Å². The Balaban J connectivity index is 2.45. The molecule has 2 N–H and O–H groups in total. The lowest BCUT2D eigenvalue weighted by Crippen LogP contribution is -1.77. The highest BCUT2D eigenvalue weighted by Crippen LogP contribution is 2.27. The second-order valence-electron chi connectivity index (χ2n) is 3.45. The van der Waals surface area contributed by atoms with Gasteiger partial charge in [-0.15, -0.1) is 0 Å².